The van der Waals surface area contributed by atoms with E-state index in [0.29, 0.717) is 23.9 Å². The summed E-state index contributed by atoms with van der Waals surface area (Å²) in [5.41, 5.74) is 0. The van der Waals surface area contributed by atoms with Crippen molar-refractivity contribution in [2.75, 3.05) is 47.5 Å². The zero-order chi connectivity index (χ0) is 45.0. The second-order valence-corrected chi connectivity index (χ2v) is 18.9. The van der Waals surface area contributed by atoms with Gasteiger partial charge in [-0.25, -0.2) is 0 Å². The number of quaternary nitrogens is 1. The molecule has 354 valence electrons. The van der Waals surface area contributed by atoms with Gasteiger partial charge in [0.1, 0.15) is 19.8 Å². The average molecular weight is 878 g/mol. The van der Waals surface area contributed by atoms with Crippen molar-refractivity contribution < 1.29 is 42.1 Å². The first-order chi connectivity index (χ1) is 29.5. The van der Waals surface area contributed by atoms with Crippen molar-refractivity contribution >= 4 is 19.8 Å². The molecule has 0 fully saturated rings. The highest BCUT2D eigenvalue weighted by atomic mass is 31.2. The van der Waals surface area contributed by atoms with Crippen molar-refractivity contribution in [1.29, 1.82) is 0 Å². The molecule has 0 aromatic carbocycles. The van der Waals surface area contributed by atoms with Crippen LogP contribution in [0.1, 0.15) is 200 Å². The lowest BCUT2D eigenvalue weighted by atomic mass is 10.0. The normalized spacial score (nSPS) is 14.0. The smallest absolute Gasteiger partial charge is 0.306 e. The summed E-state index contributed by atoms with van der Waals surface area (Å²) < 4.78 is 33.9. The summed E-state index contributed by atoms with van der Waals surface area (Å²) in [6, 6.07) is 0. The molecular formula is C51H92NO8P. The van der Waals surface area contributed by atoms with Crippen molar-refractivity contribution in [2.24, 2.45) is 0 Å². The van der Waals surface area contributed by atoms with Gasteiger partial charge in [-0.15, -0.1) is 0 Å². The van der Waals surface area contributed by atoms with Crippen LogP contribution in [0, 0.1) is 0 Å². The van der Waals surface area contributed by atoms with E-state index in [2.05, 4.69) is 62.5 Å². The Morgan fingerprint density at radius 2 is 0.918 bits per heavy atom. The van der Waals surface area contributed by atoms with E-state index in [1.54, 1.807) is 0 Å². The highest BCUT2D eigenvalue weighted by Gasteiger charge is 2.21. The lowest BCUT2D eigenvalue weighted by molar-refractivity contribution is -0.870. The third kappa shape index (κ3) is 47.0. The number of hydrogen-bond acceptors (Lipinski definition) is 8. The molecule has 61 heavy (non-hydrogen) atoms. The van der Waals surface area contributed by atoms with E-state index >= 15 is 0 Å². The summed E-state index contributed by atoms with van der Waals surface area (Å²) in [7, 11) is 1.13. The van der Waals surface area contributed by atoms with Crippen molar-refractivity contribution in [1.82, 2.24) is 0 Å². The van der Waals surface area contributed by atoms with E-state index in [-0.39, 0.29) is 26.1 Å². The number of allylic oxidation sites excluding steroid dienone is 10. The Kier molecular flexibility index (Phi) is 41.4. The first-order valence-electron chi connectivity index (χ1n) is 24.5. The first-order valence-corrected chi connectivity index (χ1v) is 26.0. The molecule has 0 rings (SSSR count). The molecule has 0 spiro atoms. The van der Waals surface area contributed by atoms with Crippen LogP contribution in [0.15, 0.2) is 60.8 Å². The highest BCUT2D eigenvalue weighted by molar-refractivity contribution is 7.45. The molecule has 0 aromatic heterocycles. The molecule has 0 radical (unpaired) electrons. The summed E-state index contributed by atoms with van der Waals surface area (Å²) in [5.74, 6) is -0.927. The Morgan fingerprint density at radius 1 is 0.508 bits per heavy atom. The molecule has 0 N–H and O–H groups in total. The van der Waals surface area contributed by atoms with Crippen LogP contribution in [-0.4, -0.2) is 70.0 Å². The Morgan fingerprint density at radius 3 is 1.38 bits per heavy atom. The van der Waals surface area contributed by atoms with Gasteiger partial charge in [-0.3, -0.25) is 14.2 Å². The van der Waals surface area contributed by atoms with E-state index in [0.717, 1.165) is 44.9 Å². The fraction of sp³-hybridized carbons (Fsp3) is 0.765. The van der Waals surface area contributed by atoms with Crippen LogP contribution in [0.25, 0.3) is 0 Å². The maximum atomic E-state index is 12.7. The molecule has 0 saturated carbocycles. The van der Waals surface area contributed by atoms with Crippen LogP contribution >= 0.6 is 7.82 Å². The minimum Gasteiger partial charge on any atom is -0.756 e. The van der Waals surface area contributed by atoms with E-state index in [1.165, 1.54) is 116 Å². The molecule has 0 saturated heterocycles. The van der Waals surface area contributed by atoms with Crippen LogP contribution in [-0.2, 0) is 32.7 Å². The average Bonchev–Trinajstić information content (AvgIpc) is 3.21. The number of rotatable bonds is 44. The Bertz CT molecular complexity index is 1220. The van der Waals surface area contributed by atoms with Crippen molar-refractivity contribution in [3.63, 3.8) is 0 Å². The first kappa shape index (κ1) is 58.7. The summed E-state index contributed by atoms with van der Waals surface area (Å²) in [5, 5.41) is 0. The fourth-order valence-corrected chi connectivity index (χ4v) is 7.19. The number of likely N-dealkylation sites (N-methyl/N-ethyl adjacent to an activating group) is 1. The summed E-state index contributed by atoms with van der Waals surface area (Å²) in [4.78, 5) is 37.6. The van der Waals surface area contributed by atoms with Crippen LogP contribution in [0.2, 0.25) is 0 Å². The van der Waals surface area contributed by atoms with Gasteiger partial charge in [0.15, 0.2) is 6.10 Å². The standard InChI is InChI=1S/C51H92NO8P/c1-6-8-10-12-14-16-18-20-22-24-26-28-29-31-33-35-37-39-41-43-50(53)57-47-49(48-59-61(55,56)58-46-45-52(3,4)5)60-51(54)44-42-40-38-36-34-32-30-27-25-23-21-19-17-15-13-11-9-7-2/h14,16,20,22,26,28,31,33,37,39,49H,6-13,15,17-19,21,23-25,27,29-30,32,34-36,38,40-48H2,1-5H3/b16-14+,22-20+,28-26+,33-31+,39-37+/t49-/m1/s1. The molecule has 2 atom stereocenters. The molecule has 10 heteroatoms. The maximum absolute atomic E-state index is 12.7. The van der Waals surface area contributed by atoms with Crippen LogP contribution in [0.3, 0.4) is 0 Å². The third-order valence-electron chi connectivity index (χ3n) is 10.3. The van der Waals surface area contributed by atoms with Crippen molar-refractivity contribution in [2.45, 2.75) is 206 Å². The van der Waals surface area contributed by atoms with E-state index in [1.807, 2.05) is 33.3 Å². The Balaban J connectivity index is 4.40. The minimum absolute atomic E-state index is 0.0427. The van der Waals surface area contributed by atoms with Gasteiger partial charge in [0.25, 0.3) is 7.82 Å². The zero-order valence-corrected chi connectivity index (χ0v) is 40.7. The largest absolute Gasteiger partial charge is 0.756 e. The molecule has 0 bridgehead atoms. The Hall–Kier alpha value is -2.29. The number of phosphoric acid groups is 1. The molecule has 0 heterocycles. The third-order valence-corrected chi connectivity index (χ3v) is 11.3. The van der Waals surface area contributed by atoms with Crippen LogP contribution in [0.5, 0.6) is 0 Å². The molecular weight excluding hydrogens is 786 g/mol. The number of unbranched alkanes of at least 4 members (excludes halogenated alkanes) is 20. The van der Waals surface area contributed by atoms with Gasteiger partial charge >= 0.3 is 11.9 Å². The quantitative estimate of drug-likeness (QED) is 0.0196. The van der Waals surface area contributed by atoms with Gasteiger partial charge in [-0.2, -0.15) is 0 Å². The molecule has 0 amide bonds. The van der Waals surface area contributed by atoms with Gasteiger partial charge < -0.3 is 27.9 Å². The van der Waals surface area contributed by atoms with Crippen molar-refractivity contribution in [3.05, 3.63) is 60.8 Å². The fourth-order valence-electron chi connectivity index (χ4n) is 6.46. The number of carbonyl (C=O) groups excluding carboxylic acids is 2. The summed E-state index contributed by atoms with van der Waals surface area (Å²) in [6.45, 7) is 4.13. The molecule has 0 aromatic rings. The monoisotopic (exact) mass is 878 g/mol. The number of nitrogens with zero attached hydrogens (tertiary/aromatic N) is 1. The van der Waals surface area contributed by atoms with Crippen LogP contribution in [0.4, 0.5) is 0 Å². The summed E-state index contributed by atoms with van der Waals surface area (Å²) >= 11 is 0. The lowest BCUT2D eigenvalue weighted by Crippen LogP contribution is -2.37. The van der Waals surface area contributed by atoms with Gasteiger partial charge in [0.2, 0.25) is 0 Å². The SMILES string of the molecule is CCCCC/C=C/C/C=C/C/C=C/C/C=C/C/C=C/CCC(=O)OC[C@H](COP(=O)([O-])OCC[N+](C)(C)C)OC(=O)CCCCCCCCCCCCCCCCCCCC. The number of esters is 2. The van der Waals surface area contributed by atoms with Gasteiger partial charge in [-0.1, -0.05) is 197 Å². The minimum atomic E-state index is -4.64. The number of hydrogen-bond donors (Lipinski definition) is 0. The van der Waals surface area contributed by atoms with E-state index in [9.17, 15) is 19.0 Å². The topological polar surface area (TPSA) is 111 Å². The number of ether oxygens (including phenoxy) is 2. The Labute approximate surface area is 375 Å². The second-order valence-electron chi connectivity index (χ2n) is 17.5. The van der Waals surface area contributed by atoms with Gasteiger partial charge in [0, 0.05) is 12.8 Å². The molecule has 0 aliphatic heterocycles. The van der Waals surface area contributed by atoms with E-state index < -0.39 is 32.5 Å². The van der Waals surface area contributed by atoms with E-state index in [4.69, 9.17) is 18.5 Å². The molecule has 0 aliphatic rings. The van der Waals surface area contributed by atoms with Gasteiger partial charge in [-0.05, 0) is 51.4 Å². The summed E-state index contributed by atoms with van der Waals surface area (Å²) in [6.07, 6.45) is 52.6. The van der Waals surface area contributed by atoms with Crippen LogP contribution < -0.4 is 4.89 Å². The second kappa shape index (κ2) is 43.0. The molecule has 1 unspecified atom stereocenters. The number of phosphoric ester groups is 1. The zero-order valence-electron chi connectivity index (χ0n) is 39.8. The van der Waals surface area contributed by atoms with Gasteiger partial charge in [0.05, 0.1) is 27.7 Å². The molecule has 0 aliphatic carbocycles. The number of carbonyl (C=O) groups is 2. The highest BCUT2D eigenvalue weighted by Crippen LogP contribution is 2.38. The van der Waals surface area contributed by atoms with Crippen molar-refractivity contribution in [3.8, 4) is 0 Å². The maximum Gasteiger partial charge on any atom is 0.306 e. The lowest BCUT2D eigenvalue weighted by Gasteiger charge is -2.28. The molecule has 9 nitrogen and oxygen atoms in total. The predicted molar refractivity (Wildman–Crippen MR) is 254 cm³/mol. The predicted octanol–water partition coefficient (Wildman–Crippen LogP) is 13.8.